The Morgan fingerprint density at radius 1 is 1.14 bits per heavy atom. The molecule has 3 amide bonds. The van der Waals surface area contributed by atoms with Gasteiger partial charge in [-0.2, -0.15) is 0 Å². The molecule has 2 aliphatic heterocycles. The van der Waals surface area contributed by atoms with E-state index in [1.807, 2.05) is 20.8 Å². The SMILES string of the molecule is CN(C(=O)O[C@@H]1CN(c2ccc(N3CCOCC3=O)cc2)C(=O)O1)C(C)(C)C. The summed E-state index contributed by atoms with van der Waals surface area (Å²) in [5.74, 6) is -0.102. The van der Waals surface area contributed by atoms with Crippen LogP contribution in [0.4, 0.5) is 21.0 Å². The van der Waals surface area contributed by atoms with E-state index in [1.54, 1.807) is 36.2 Å². The van der Waals surface area contributed by atoms with E-state index < -0.39 is 24.0 Å². The zero-order valence-corrected chi connectivity index (χ0v) is 16.5. The van der Waals surface area contributed by atoms with E-state index in [1.165, 1.54) is 9.80 Å². The Labute approximate surface area is 163 Å². The summed E-state index contributed by atoms with van der Waals surface area (Å²) in [5, 5.41) is 0. The Hall–Kier alpha value is -2.81. The molecule has 9 heteroatoms. The fourth-order valence-electron chi connectivity index (χ4n) is 2.78. The smallest absolute Gasteiger partial charge is 0.407 e. The maximum Gasteiger partial charge on any atom is 0.417 e. The maximum atomic E-state index is 12.2. The van der Waals surface area contributed by atoms with Crippen molar-refractivity contribution in [2.45, 2.75) is 32.6 Å². The molecule has 0 radical (unpaired) electrons. The molecular weight excluding hydrogens is 366 g/mol. The monoisotopic (exact) mass is 391 g/mol. The minimum absolute atomic E-state index is 0.0657. The molecule has 0 saturated carbocycles. The molecule has 2 fully saturated rings. The summed E-state index contributed by atoms with van der Waals surface area (Å²) < 4.78 is 15.6. The summed E-state index contributed by atoms with van der Waals surface area (Å²) in [6, 6.07) is 6.98. The van der Waals surface area contributed by atoms with E-state index in [4.69, 9.17) is 14.2 Å². The van der Waals surface area contributed by atoms with Crippen molar-refractivity contribution in [1.29, 1.82) is 0 Å². The Kier molecular flexibility index (Phi) is 5.46. The molecule has 2 heterocycles. The minimum Gasteiger partial charge on any atom is -0.407 e. The predicted molar refractivity (Wildman–Crippen MR) is 101 cm³/mol. The molecule has 152 valence electrons. The van der Waals surface area contributed by atoms with Gasteiger partial charge in [0.25, 0.3) is 12.2 Å². The van der Waals surface area contributed by atoms with Crippen LogP contribution in [0.25, 0.3) is 0 Å². The average molecular weight is 391 g/mol. The molecule has 0 unspecified atom stereocenters. The van der Waals surface area contributed by atoms with Crippen LogP contribution >= 0.6 is 0 Å². The van der Waals surface area contributed by atoms with E-state index in [0.717, 1.165) is 5.69 Å². The van der Waals surface area contributed by atoms with Crippen LogP contribution in [0.3, 0.4) is 0 Å². The normalized spacial score (nSPS) is 20.2. The van der Waals surface area contributed by atoms with E-state index in [-0.39, 0.29) is 19.1 Å². The van der Waals surface area contributed by atoms with Gasteiger partial charge in [-0.25, -0.2) is 9.59 Å². The minimum atomic E-state index is -0.981. The number of ether oxygens (including phenoxy) is 3. The van der Waals surface area contributed by atoms with Crippen molar-refractivity contribution in [2.75, 3.05) is 43.2 Å². The summed E-state index contributed by atoms with van der Waals surface area (Å²) in [4.78, 5) is 40.8. The number of carbonyl (C=O) groups is 3. The lowest BCUT2D eigenvalue weighted by Crippen LogP contribution is -2.44. The van der Waals surface area contributed by atoms with Crippen LogP contribution in [0.2, 0.25) is 0 Å². The third-order valence-corrected chi connectivity index (χ3v) is 4.76. The van der Waals surface area contributed by atoms with Gasteiger partial charge in [0.15, 0.2) is 0 Å². The Bertz CT molecular complexity index is 758. The van der Waals surface area contributed by atoms with Crippen molar-refractivity contribution in [2.24, 2.45) is 0 Å². The van der Waals surface area contributed by atoms with Gasteiger partial charge in [0, 0.05) is 30.5 Å². The number of benzene rings is 1. The van der Waals surface area contributed by atoms with Crippen molar-refractivity contribution in [3.63, 3.8) is 0 Å². The lowest BCUT2D eigenvalue weighted by atomic mass is 10.1. The van der Waals surface area contributed by atoms with Crippen LogP contribution in [0, 0.1) is 0 Å². The molecule has 0 aliphatic carbocycles. The van der Waals surface area contributed by atoms with Gasteiger partial charge in [0.05, 0.1) is 6.61 Å². The van der Waals surface area contributed by atoms with E-state index in [2.05, 4.69) is 0 Å². The maximum absolute atomic E-state index is 12.2. The third kappa shape index (κ3) is 4.19. The van der Waals surface area contributed by atoms with Gasteiger partial charge in [-0.1, -0.05) is 0 Å². The molecule has 2 saturated heterocycles. The van der Waals surface area contributed by atoms with Crippen LogP contribution in [0.5, 0.6) is 0 Å². The van der Waals surface area contributed by atoms with Gasteiger partial charge in [-0.15, -0.1) is 0 Å². The van der Waals surface area contributed by atoms with Crippen molar-refractivity contribution in [3.8, 4) is 0 Å². The lowest BCUT2D eigenvalue weighted by molar-refractivity contribution is -0.125. The topological polar surface area (TPSA) is 88.6 Å². The van der Waals surface area contributed by atoms with Crippen LogP contribution in [0.1, 0.15) is 20.8 Å². The molecule has 1 atom stereocenters. The van der Waals surface area contributed by atoms with Gasteiger partial charge in [-0.05, 0) is 45.0 Å². The Balaban J connectivity index is 1.64. The molecule has 3 rings (SSSR count). The van der Waals surface area contributed by atoms with Crippen LogP contribution in [-0.2, 0) is 19.0 Å². The highest BCUT2D eigenvalue weighted by molar-refractivity contribution is 5.95. The first-order valence-corrected chi connectivity index (χ1v) is 9.07. The van der Waals surface area contributed by atoms with Crippen molar-refractivity contribution in [1.82, 2.24) is 4.90 Å². The number of carbonyl (C=O) groups excluding carboxylic acids is 3. The first kappa shape index (κ1) is 19.9. The van der Waals surface area contributed by atoms with Gasteiger partial charge < -0.3 is 24.0 Å². The number of cyclic esters (lactones) is 1. The zero-order valence-electron chi connectivity index (χ0n) is 16.5. The molecule has 1 aromatic carbocycles. The second-order valence-electron chi connectivity index (χ2n) is 7.65. The molecule has 0 N–H and O–H groups in total. The van der Waals surface area contributed by atoms with Crippen molar-refractivity contribution in [3.05, 3.63) is 24.3 Å². The highest BCUT2D eigenvalue weighted by Crippen LogP contribution is 2.26. The molecule has 1 aromatic rings. The second-order valence-corrected chi connectivity index (χ2v) is 7.65. The van der Waals surface area contributed by atoms with Crippen LogP contribution in [0.15, 0.2) is 24.3 Å². The van der Waals surface area contributed by atoms with E-state index >= 15 is 0 Å². The Morgan fingerprint density at radius 3 is 2.32 bits per heavy atom. The van der Waals surface area contributed by atoms with Gasteiger partial charge in [0.1, 0.15) is 13.2 Å². The quantitative estimate of drug-likeness (QED) is 0.785. The molecular formula is C19H25N3O6. The molecule has 2 aliphatic rings. The number of hydrogen-bond donors (Lipinski definition) is 0. The van der Waals surface area contributed by atoms with Crippen molar-refractivity contribution < 1.29 is 28.6 Å². The van der Waals surface area contributed by atoms with Crippen LogP contribution < -0.4 is 9.80 Å². The largest absolute Gasteiger partial charge is 0.417 e. The van der Waals surface area contributed by atoms with Gasteiger partial charge >= 0.3 is 12.2 Å². The fraction of sp³-hybridized carbons (Fsp3) is 0.526. The average Bonchev–Trinajstić information content (AvgIpc) is 3.01. The third-order valence-electron chi connectivity index (χ3n) is 4.76. The Morgan fingerprint density at radius 2 is 1.75 bits per heavy atom. The summed E-state index contributed by atoms with van der Waals surface area (Å²) in [6.07, 6.45) is -2.13. The number of rotatable bonds is 3. The fourth-order valence-corrected chi connectivity index (χ4v) is 2.78. The summed E-state index contributed by atoms with van der Waals surface area (Å²) in [5.41, 5.74) is 0.920. The molecule has 0 bridgehead atoms. The predicted octanol–water partition coefficient (Wildman–Crippen LogP) is 2.20. The first-order valence-electron chi connectivity index (χ1n) is 9.07. The number of anilines is 2. The highest BCUT2D eigenvalue weighted by atomic mass is 16.7. The van der Waals surface area contributed by atoms with Gasteiger partial charge in [-0.3, -0.25) is 9.69 Å². The van der Waals surface area contributed by atoms with E-state index in [0.29, 0.717) is 18.8 Å². The number of nitrogens with zero attached hydrogens (tertiary/aromatic N) is 3. The standard InChI is InChI=1S/C19H25N3O6/c1-19(2,3)20(4)17(24)27-16-11-22(18(25)28-16)14-7-5-13(6-8-14)21-9-10-26-12-15(21)23/h5-8,16H,9-12H2,1-4H3/t16-/m0/s1. The highest BCUT2D eigenvalue weighted by Gasteiger charge is 2.36. The summed E-state index contributed by atoms with van der Waals surface area (Å²) in [7, 11) is 1.63. The summed E-state index contributed by atoms with van der Waals surface area (Å²) >= 11 is 0. The van der Waals surface area contributed by atoms with Crippen molar-refractivity contribution >= 4 is 29.5 Å². The molecule has 28 heavy (non-hydrogen) atoms. The van der Waals surface area contributed by atoms with Gasteiger partial charge in [0.2, 0.25) is 0 Å². The number of morpholine rings is 1. The molecule has 0 aromatic heterocycles. The van der Waals surface area contributed by atoms with Crippen LogP contribution in [-0.4, -0.2) is 68.2 Å². The number of hydrogen-bond acceptors (Lipinski definition) is 6. The second kappa shape index (κ2) is 7.67. The van der Waals surface area contributed by atoms with E-state index in [9.17, 15) is 14.4 Å². The lowest BCUT2D eigenvalue weighted by Gasteiger charge is -2.31. The first-order chi connectivity index (χ1) is 13.2. The zero-order chi connectivity index (χ0) is 20.5. The number of amides is 3. The molecule has 9 nitrogen and oxygen atoms in total. The summed E-state index contributed by atoms with van der Waals surface area (Å²) in [6.45, 7) is 6.77. The molecule has 0 spiro atoms.